The van der Waals surface area contributed by atoms with Gasteiger partial charge in [0.15, 0.2) is 11.5 Å². The van der Waals surface area contributed by atoms with Gasteiger partial charge in [-0.15, -0.1) is 0 Å². The summed E-state index contributed by atoms with van der Waals surface area (Å²) in [7, 11) is 2.30. The highest BCUT2D eigenvalue weighted by Crippen LogP contribution is 2.31. The van der Waals surface area contributed by atoms with Crippen LogP contribution in [0.1, 0.15) is 37.3 Å². The van der Waals surface area contributed by atoms with Crippen molar-refractivity contribution >= 4 is 5.91 Å². The zero-order valence-corrected chi connectivity index (χ0v) is 20.0. The van der Waals surface area contributed by atoms with Gasteiger partial charge in [-0.25, -0.2) is 0 Å². The highest BCUT2D eigenvalue weighted by Gasteiger charge is 2.31. The summed E-state index contributed by atoms with van der Waals surface area (Å²) in [4.78, 5) is 12.8. The summed E-state index contributed by atoms with van der Waals surface area (Å²) in [5.74, 6) is 2.44. The summed E-state index contributed by atoms with van der Waals surface area (Å²) >= 11 is 0. The number of likely N-dealkylation sites (N-methyl/N-ethyl adjacent to an activating group) is 1. The van der Waals surface area contributed by atoms with E-state index < -0.39 is 0 Å². The first kappa shape index (κ1) is 23.4. The van der Waals surface area contributed by atoms with Gasteiger partial charge in [0.1, 0.15) is 19.0 Å². The number of hydrogen-bond acceptors (Lipinski definition) is 4. The Balaban J connectivity index is 1.35. The molecule has 0 bridgehead atoms. The van der Waals surface area contributed by atoms with Crippen molar-refractivity contribution in [1.82, 2.24) is 5.32 Å². The van der Waals surface area contributed by atoms with Crippen molar-refractivity contribution in [3.63, 3.8) is 0 Å². The minimum atomic E-state index is 0.0357. The number of carbonyl (C=O) groups excluding carboxylic acids is 1. The van der Waals surface area contributed by atoms with Crippen LogP contribution in [0.3, 0.4) is 0 Å². The predicted octanol–water partition coefficient (Wildman–Crippen LogP) is 3.76. The third-order valence-corrected chi connectivity index (χ3v) is 6.69. The van der Waals surface area contributed by atoms with E-state index in [9.17, 15) is 4.79 Å². The molecule has 1 atom stereocenters. The van der Waals surface area contributed by atoms with E-state index >= 15 is 0 Å². The Morgan fingerprint density at radius 3 is 2.45 bits per heavy atom. The normalized spacial score (nSPS) is 17.4. The SMILES string of the molecule is CCc1ccc(OCCC(=O)N[C@@H](Cc2ccc3c(c2)OCCO3)C[N+]2(C)CCCC2)cc1. The summed E-state index contributed by atoms with van der Waals surface area (Å²) in [5, 5.41) is 3.30. The maximum atomic E-state index is 12.8. The molecule has 1 N–H and O–H groups in total. The number of benzene rings is 2. The van der Waals surface area contributed by atoms with Crippen LogP contribution in [0.5, 0.6) is 17.2 Å². The van der Waals surface area contributed by atoms with Gasteiger partial charge in [0.25, 0.3) is 0 Å². The van der Waals surface area contributed by atoms with Crippen molar-refractivity contribution < 1.29 is 23.5 Å². The van der Waals surface area contributed by atoms with Crippen LogP contribution in [0.15, 0.2) is 42.5 Å². The van der Waals surface area contributed by atoms with Crippen LogP contribution in [0.25, 0.3) is 0 Å². The lowest BCUT2D eigenvalue weighted by atomic mass is 10.0. The van der Waals surface area contributed by atoms with Crippen LogP contribution in [-0.4, -0.2) is 62.9 Å². The van der Waals surface area contributed by atoms with Crippen molar-refractivity contribution in [2.45, 2.75) is 45.1 Å². The molecule has 178 valence electrons. The van der Waals surface area contributed by atoms with Crippen LogP contribution in [0.4, 0.5) is 0 Å². The fourth-order valence-corrected chi connectivity index (χ4v) is 4.86. The zero-order chi connectivity index (χ0) is 23.1. The van der Waals surface area contributed by atoms with E-state index in [0.29, 0.717) is 26.2 Å². The van der Waals surface area contributed by atoms with Crippen molar-refractivity contribution in [3.8, 4) is 17.2 Å². The molecule has 6 heteroatoms. The van der Waals surface area contributed by atoms with Gasteiger partial charge >= 0.3 is 0 Å². The van der Waals surface area contributed by atoms with Gasteiger partial charge in [-0.2, -0.15) is 0 Å². The molecule has 1 fully saturated rings. The number of rotatable bonds is 10. The summed E-state index contributed by atoms with van der Waals surface area (Å²) < 4.78 is 18.2. The summed E-state index contributed by atoms with van der Waals surface area (Å²) in [6, 6.07) is 14.3. The lowest BCUT2D eigenvalue weighted by Crippen LogP contribution is -2.52. The number of nitrogens with zero attached hydrogens (tertiary/aromatic N) is 1. The van der Waals surface area contributed by atoms with Crippen molar-refractivity contribution in [2.75, 3.05) is 46.5 Å². The van der Waals surface area contributed by atoms with Gasteiger partial charge in [0.2, 0.25) is 5.91 Å². The molecule has 0 saturated carbocycles. The fraction of sp³-hybridized carbons (Fsp3) is 0.519. The molecule has 6 nitrogen and oxygen atoms in total. The average molecular weight is 454 g/mol. The molecule has 1 saturated heterocycles. The van der Waals surface area contributed by atoms with Gasteiger partial charge in [0.05, 0.1) is 45.8 Å². The van der Waals surface area contributed by atoms with Gasteiger partial charge in [-0.1, -0.05) is 25.1 Å². The van der Waals surface area contributed by atoms with Crippen molar-refractivity contribution in [2.24, 2.45) is 0 Å². The monoisotopic (exact) mass is 453 g/mol. The molecule has 2 aromatic rings. The first-order chi connectivity index (χ1) is 16.0. The second-order valence-corrected chi connectivity index (χ2v) is 9.50. The van der Waals surface area contributed by atoms with Gasteiger partial charge in [-0.05, 0) is 48.2 Å². The molecule has 4 rings (SSSR count). The van der Waals surface area contributed by atoms with Gasteiger partial charge in [-0.3, -0.25) is 4.79 Å². The molecular weight excluding hydrogens is 416 g/mol. The van der Waals surface area contributed by atoms with Crippen LogP contribution < -0.4 is 19.5 Å². The molecule has 0 spiro atoms. The number of hydrogen-bond donors (Lipinski definition) is 1. The molecule has 1 amide bonds. The van der Waals surface area contributed by atoms with Gasteiger partial charge in [0, 0.05) is 12.8 Å². The predicted molar refractivity (Wildman–Crippen MR) is 129 cm³/mol. The van der Waals surface area contributed by atoms with E-state index in [1.54, 1.807) is 0 Å². The van der Waals surface area contributed by atoms with Crippen LogP contribution in [0, 0.1) is 0 Å². The number of nitrogens with one attached hydrogen (secondary N) is 1. The summed E-state index contributed by atoms with van der Waals surface area (Å²) in [6.45, 7) is 6.94. The summed E-state index contributed by atoms with van der Waals surface area (Å²) in [6.07, 6.45) is 4.63. The highest BCUT2D eigenvalue weighted by atomic mass is 16.6. The molecule has 2 heterocycles. The number of carbonyl (C=O) groups is 1. The molecular formula is C27H37N2O4+. The molecule has 0 aromatic heterocycles. The molecule has 33 heavy (non-hydrogen) atoms. The minimum absolute atomic E-state index is 0.0357. The Morgan fingerprint density at radius 2 is 1.73 bits per heavy atom. The Kier molecular flexibility index (Phi) is 7.76. The van der Waals surface area contributed by atoms with E-state index in [1.807, 2.05) is 18.2 Å². The molecule has 2 aromatic carbocycles. The second-order valence-electron chi connectivity index (χ2n) is 9.50. The Hall–Kier alpha value is -2.73. The average Bonchev–Trinajstić information content (AvgIpc) is 3.25. The number of quaternary nitrogens is 1. The Bertz CT molecular complexity index is 922. The lowest BCUT2D eigenvalue weighted by molar-refractivity contribution is -0.898. The fourth-order valence-electron chi connectivity index (χ4n) is 4.86. The highest BCUT2D eigenvalue weighted by molar-refractivity contribution is 5.76. The lowest BCUT2D eigenvalue weighted by Gasteiger charge is -2.33. The number of fused-ring (bicyclic) bond motifs is 1. The van der Waals surface area contributed by atoms with E-state index in [-0.39, 0.29) is 11.9 Å². The van der Waals surface area contributed by atoms with Gasteiger partial charge < -0.3 is 24.0 Å². The molecule has 0 radical (unpaired) electrons. The number of amides is 1. The van der Waals surface area contributed by atoms with E-state index in [4.69, 9.17) is 14.2 Å². The van der Waals surface area contributed by atoms with E-state index in [0.717, 1.165) is 46.7 Å². The maximum absolute atomic E-state index is 12.8. The molecule has 2 aliphatic rings. The van der Waals surface area contributed by atoms with Crippen molar-refractivity contribution in [1.29, 1.82) is 0 Å². The first-order valence-electron chi connectivity index (χ1n) is 12.3. The number of aryl methyl sites for hydroxylation is 1. The topological polar surface area (TPSA) is 56.8 Å². The maximum Gasteiger partial charge on any atom is 0.223 e. The third-order valence-electron chi connectivity index (χ3n) is 6.69. The molecule has 2 aliphatic heterocycles. The van der Waals surface area contributed by atoms with Crippen LogP contribution >= 0.6 is 0 Å². The molecule has 0 unspecified atom stereocenters. The second kappa shape index (κ2) is 10.9. The quantitative estimate of drug-likeness (QED) is 0.557. The molecule has 0 aliphatic carbocycles. The van der Waals surface area contributed by atoms with E-state index in [2.05, 4.69) is 43.6 Å². The first-order valence-corrected chi connectivity index (χ1v) is 12.3. The van der Waals surface area contributed by atoms with Crippen molar-refractivity contribution in [3.05, 3.63) is 53.6 Å². The Morgan fingerprint density at radius 1 is 1.03 bits per heavy atom. The largest absolute Gasteiger partial charge is 0.493 e. The third kappa shape index (κ3) is 6.64. The summed E-state index contributed by atoms with van der Waals surface area (Å²) in [5.41, 5.74) is 2.43. The zero-order valence-electron chi connectivity index (χ0n) is 20.0. The van der Waals surface area contributed by atoms with Crippen LogP contribution in [-0.2, 0) is 17.6 Å². The number of ether oxygens (including phenoxy) is 3. The standard InChI is InChI=1S/C27H36N2O4/c1-3-21-6-9-24(10-7-21)31-15-12-27(30)28-23(20-29(2)13-4-5-14-29)18-22-8-11-25-26(19-22)33-17-16-32-25/h6-11,19,23H,3-5,12-18,20H2,1-2H3/p+1/t23-/m0/s1. The smallest absolute Gasteiger partial charge is 0.223 e. The Labute approximate surface area is 197 Å². The number of likely N-dealkylation sites (tertiary alicyclic amines) is 1. The van der Waals surface area contributed by atoms with Crippen LogP contribution in [0.2, 0.25) is 0 Å². The van der Waals surface area contributed by atoms with E-state index in [1.165, 1.54) is 31.5 Å². The minimum Gasteiger partial charge on any atom is -0.493 e.